The van der Waals surface area contributed by atoms with Crippen molar-refractivity contribution in [3.63, 3.8) is 0 Å². The zero-order valence-corrected chi connectivity index (χ0v) is 9.90. The van der Waals surface area contributed by atoms with Crippen LogP contribution in [0.5, 0.6) is 0 Å². The summed E-state index contributed by atoms with van der Waals surface area (Å²) in [6.45, 7) is 0.431. The molecule has 90 valence electrons. The average Bonchev–Trinajstić information content (AvgIpc) is 2.19. The molecule has 0 heterocycles. The molecule has 2 nitrogen and oxygen atoms in total. The van der Waals surface area contributed by atoms with Crippen molar-refractivity contribution in [1.29, 1.82) is 0 Å². The van der Waals surface area contributed by atoms with Crippen LogP contribution in [0.3, 0.4) is 0 Å². The monoisotopic (exact) mass is 297 g/mol. The second kappa shape index (κ2) is 5.54. The van der Waals surface area contributed by atoms with Crippen molar-refractivity contribution in [2.24, 2.45) is 0 Å². The number of hydrogen-bond donors (Lipinski definition) is 2. The Bertz CT molecular complexity index is 354. The van der Waals surface area contributed by atoms with Gasteiger partial charge in [0.15, 0.2) is 0 Å². The van der Waals surface area contributed by atoms with E-state index in [0.29, 0.717) is 23.1 Å². The third-order valence-electron chi connectivity index (χ3n) is 1.94. The summed E-state index contributed by atoms with van der Waals surface area (Å²) in [6.07, 6.45) is -3.85. The van der Waals surface area contributed by atoms with Crippen LogP contribution in [0, 0.1) is 0 Å². The third-order valence-corrected chi connectivity index (χ3v) is 2.64. The number of aliphatic hydroxyl groups excluding tert-OH is 1. The Kier molecular flexibility index (Phi) is 4.61. The van der Waals surface area contributed by atoms with Crippen molar-refractivity contribution in [2.75, 3.05) is 18.5 Å². The van der Waals surface area contributed by atoms with Crippen LogP contribution in [0.4, 0.5) is 18.9 Å². The maximum absolute atomic E-state index is 12.4. The van der Waals surface area contributed by atoms with E-state index >= 15 is 0 Å². The molecule has 0 saturated heterocycles. The summed E-state index contributed by atoms with van der Waals surface area (Å²) < 4.78 is 37.8. The molecular weight excluding hydrogens is 287 g/mol. The van der Waals surface area contributed by atoms with Crippen molar-refractivity contribution >= 4 is 21.6 Å². The number of aliphatic hydroxyl groups is 1. The van der Waals surface area contributed by atoms with Crippen LogP contribution >= 0.6 is 15.9 Å². The van der Waals surface area contributed by atoms with Gasteiger partial charge in [0.05, 0.1) is 5.56 Å². The third kappa shape index (κ3) is 3.68. The standard InChI is InChI=1S/C10H11BrF3NO/c11-8-3-2-7(10(12,13)14)6-9(8)15-4-1-5-16/h2-3,6,15-16H,1,4-5H2. The Morgan fingerprint density at radius 1 is 1.31 bits per heavy atom. The quantitative estimate of drug-likeness (QED) is 0.836. The summed E-state index contributed by atoms with van der Waals surface area (Å²) in [5.41, 5.74) is -0.314. The number of anilines is 1. The van der Waals surface area contributed by atoms with Crippen LogP contribution in [0.25, 0.3) is 0 Å². The molecule has 0 aromatic heterocycles. The minimum Gasteiger partial charge on any atom is -0.396 e. The van der Waals surface area contributed by atoms with Crippen LogP contribution in [0.15, 0.2) is 22.7 Å². The summed E-state index contributed by atoms with van der Waals surface area (Å²) in [6, 6.07) is 3.41. The maximum atomic E-state index is 12.4. The van der Waals surface area contributed by atoms with E-state index in [0.717, 1.165) is 12.1 Å². The molecule has 16 heavy (non-hydrogen) atoms. The Labute approximate surface area is 99.6 Å². The number of rotatable bonds is 4. The molecule has 6 heteroatoms. The number of hydrogen-bond acceptors (Lipinski definition) is 2. The Hall–Kier alpha value is -0.750. The van der Waals surface area contributed by atoms with Crippen molar-refractivity contribution < 1.29 is 18.3 Å². The lowest BCUT2D eigenvalue weighted by Gasteiger charge is -2.12. The topological polar surface area (TPSA) is 32.3 Å². The molecule has 0 aliphatic heterocycles. The molecule has 0 saturated carbocycles. The van der Waals surface area contributed by atoms with Crippen molar-refractivity contribution in [3.05, 3.63) is 28.2 Å². The van der Waals surface area contributed by atoms with Gasteiger partial charge in [-0.3, -0.25) is 0 Å². The van der Waals surface area contributed by atoms with Crippen LogP contribution in [0.1, 0.15) is 12.0 Å². The minimum absolute atomic E-state index is 0.00355. The van der Waals surface area contributed by atoms with Gasteiger partial charge in [-0.15, -0.1) is 0 Å². The second-order valence-electron chi connectivity index (χ2n) is 3.20. The lowest BCUT2D eigenvalue weighted by atomic mass is 10.2. The molecule has 0 aliphatic rings. The molecule has 0 atom stereocenters. The molecule has 1 aromatic rings. The lowest BCUT2D eigenvalue weighted by Crippen LogP contribution is -2.08. The highest BCUT2D eigenvalue weighted by Gasteiger charge is 2.30. The van der Waals surface area contributed by atoms with Crippen LogP contribution in [-0.2, 0) is 6.18 Å². The molecular formula is C10H11BrF3NO. The van der Waals surface area contributed by atoms with Gasteiger partial charge in [-0.2, -0.15) is 13.2 Å². The molecule has 0 spiro atoms. The Morgan fingerprint density at radius 2 is 2.00 bits per heavy atom. The molecule has 0 radical (unpaired) electrons. The summed E-state index contributed by atoms with van der Waals surface area (Å²) in [7, 11) is 0. The van der Waals surface area contributed by atoms with E-state index in [1.807, 2.05) is 0 Å². The van der Waals surface area contributed by atoms with Crippen molar-refractivity contribution in [2.45, 2.75) is 12.6 Å². The highest BCUT2D eigenvalue weighted by molar-refractivity contribution is 9.10. The molecule has 1 aromatic carbocycles. The molecule has 1 rings (SSSR count). The SMILES string of the molecule is OCCCNc1cc(C(F)(F)F)ccc1Br. The van der Waals surface area contributed by atoms with E-state index in [-0.39, 0.29) is 6.61 Å². The van der Waals surface area contributed by atoms with Gasteiger partial charge in [-0.05, 0) is 40.5 Å². The van der Waals surface area contributed by atoms with E-state index in [1.54, 1.807) is 0 Å². The van der Waals surface area contributed by atoms with Crippen LogP contribution in [0.2, 0.25) is 0 Å². The number of benzene rings is 1. The number of alkyl halides is 3. The predicted octanol–water partition coefficient (Wildman–Crippen LogP) is 3.26. The minimum atomic E-state index is -4.34. The van der Waals surface area contributed by atoms with Gasteiger partial charge in [0.1, 0.15) is 0 Å². The van der Waals surface area contributed by atoms with E-state index < -0.39 is 11.7 Å². The largest absolute Gasteiger partial charge is 0.416 e. The number of halogens is 4. The molecule has 0 aliphatic carbocycles. The van der Waals surface area contributed by atoms with Crippen LogP contribution < -0.4 is 5.32 Å². The van der Waals surface area contributed by atoms with Crippen molar-refractivity contribution in [1.82, 2.24) is 0 Å². The van der Waals surface area contributed by atoms with Gasteiger partial charge in [0, 0.05) is 23.3 Å². The van der Waals surface area contributed by atoms with Gasteiger partial charge < -0.3 is 10.4 Å². The fraction of sp³-hybridized carbons (Fsp3) is 0.400. The molecule has 0 bridgehead atoms. The first-order valence-corrected chi connectivity index (χ1v) is 5.46. The molecule has 0 fully saturated rings. The Balaban J connectivity index is 2.83. The van der Waals surface area contributed by atoms with E-state index in [1.165, 1.54) is 6.07 Å². The zero-order valence-electron chi connectivity index (χ0n) is 8.31. The Morgan fingerprint density at radius 3 is 2.56 bits per heavy atom. The van der Waals surface area contributed by atoms with Gasteiger partial charge in [0.25, 0.3) is 0 Å². The van der Waals surface area contributed by atoms with E-state index in [4.69, 9.17) is 5.11 Å². The van der Waals surface area contributed by atoms with Gasteiger partial charge in [-0.25, -0.2) is 0 Å². The highest BCUT2D eigenvalue weighted by Crippen LogP contribution is 2.33. The summed E-state index contributed by atoms with van der Waals surface area (Å²) in [5, 5.41) is 11.4. The summed E-state index contributed by atoms with van der Waals surface area (Å²) in [5.74, 6) is 0. The first-order chi connectivity index (χ1) is 7.45. The second-order valence-corrected chi connectivity index (χ2v) is 4.05. The van der Waals surface area contributed by atoms with Gasteiger partial charge in [-0.1, -0.05) is 0 Å². The normalized spacial score (nSPS) is 11.6. The lowest BCUT2D eigenvalue weighted by molar-refractivity contribution is -0.137. The van der Waals surface area contributed by atoms with Crippen molar-refractivity contribution in [3.8, 4) is 0 Å². The smallest absolute Gasteiger partial charge is 0.396 e. The summed E-state index contributed by atoms with van der Waals surface area (Å²) in [4.78, 5) is 0. The predicted molar refractivity (Wildman–Crippen MR) is 59.3 cm³/mol. The first kappa shape index (κ1) is 13.3. The highest BCUT2D eigenvalue weighted by atomic mass is 79.9. The maximum Gasteiger partial charge on any atom is 0.416 e. The van der Waals surface area contributed by atoms with E-state index in [2.05, 4.69) is 21.2 Å². The van der Waals surface area contributed by atoms with E-state index in [9.17, 15) is 13.2 Å². The van der Waals surface area contributed by atoms with Crippen LogP contribution in [-0.4, -0.2) is 18.3 Å². The van der Waals surface area contributed by atoms with Gasteiger partial charge >= 0.3 is 6.18 Å². The number of nitrogens with one attached hydrogen (secondary N) is 1. The first-order valence-electron chi connectivity index (χ1n) is 4.66. The molecule has 2 N–H and O–H groups in total. The van der Waals surface area contributed by atoms with Gasteiger partial charge in [0.2, 0.25) is 0 Å². The fourth-order valence-electron chi connectivity index (χ4n) is 1.14. The fourth-order valence-corrected chi connectivity index (χ4v) is 1.53. The molecule has 0 unspecified atom stereocenters. The molecule has 0 amide bonds. The summed E-state index contributed by atoms with van der Waals surface area (Å²) >= 11 is 3.16. The average molecular weight is 298 g/mol. The zero-order chi connectivity index (χ0) is 12.2.